The summed E-state index contributed by atoms with van der Waals surface area (Å²) in [7, 11) is 0. The van der Waals surface area contributed by atoms with Gasteiger partial charge in [-0.2, -0.15) is 0 Å². The molecule has 0 spiro atoms. The minimum atomic E-state index is 0.834. The largest absolute Gasteiger partial charge is 0.314 e. The highest BCUT2D eigenvalue weighted by atomic mass is 14.9. The van der Waals surface area contributed by atoms with Crippen LogP contribution in [0.1, 0.15) is 51.9 Å². The van der Waals surface area contributed by atoms with Gasteiger partial charge in [-0.1, -0.05) is 32.6 Å². The van der Waals surface area contributed by atoms with Crippen LogP contribution in [0.5, 0.6) is 0 Å². The van der Waals surface area contributed by atoms with Gasteiger partial charge in [0.1, 0.15) is 0 Å². The van der Waals surface area contributed by atoms with Crippen LogP contribution in [0.3, 0.4) is 0 Å². The molecule has 1 aliphatic heterocycles. The molecule has 0 aromatic rings. The third kappa shape index (κ3) is 3.76. The Balaban J connectivity index is 2.15. The van der Waals surface area contributed by atoms with Gasteiger partial charge in [0, 0.05) is 6.04 Å². The first kappa shape index (κ1) is 9.05. The average molecular weight is 155 g/mol. The maximum atomic E-state index is 3.62. The van der Waals surface area contributed by atoms with E-state index < -0.39 is 0 Å². The minimum absolute atomic E-state index is 0.834. The molecule has 0 aliphatic carbocycles. The van der Waals surface area contributed by atoms with Gasteiger partial charge in [0.25, 0.3) is 0 Å². The summed E-state index contributed by atoms with van der Waals surface area (Å²) in [6, 6.07) is 0.834. The Labute approximate surface area is 70.6 Å². The van der Waals surface area contributed by atoms with Crippen LogP contribution in [0, 0.1) is 0 Å². The van der Waals surface area contributed by atoms with E-state index >= 15 is 0 Å². The van der Waals surface area contributed by atoms with E-state index in [1.807, 2.05) is 0 Å². The van der Waals surface area contributed by atoms with Crippen molar-refractivity contribution in [2.75, 3.05) is 6.54 Å². The monoisotopic (exact) mass is 155 g/mol. The van der Waals surface area contributed by atoms with E-state index in [0.717, 1.165) is 6.04 Å². The second kappa shape index (κ2) is 5.59. The first-order valence-corrected chi connectivity index (χ1v) is 5.17. The van der Waals surface area contributed by atoms with Crippen LogP contribution in [0.4, 0.5) is 0 Å². The third-order valence-electron chi connectivity index (χ3n) is 2.55. The molecule has 1 rings (SSSR count). The lowest BCUT2D eigenvalue weighted by Crippen LogP contribution is -2.30. The lowest BCUT2D eigenvalue weighted by atomic mass is 10.0. The first-order chi connectivity index (χ1) is 5.43. The van der Waals surface area contributed by atoms with E-state index in [0.29, 0.717) is 0 Å². The van der Waals surface area contributed by atoms with Gasteiger partial charge in [0.15, 0.2) is 0 Å². The quantitative estimate of drug-likeness (QED) is 0.646. The van der Waals surface area contributed by atoms with Gasteiger partial charge < -0.3 is 5.32 Å². The van der Waals surface area contributed by atoms with E-state index in [1.165, 1.54) is 51.5 Å². The van der Waals surface area contributed by atoms with Gasteiger partial charge in [-0.05, 0) is 25.8 Å². The molecule has 0 saturated carbocycles. The van der Waals surface area contributed by atoms with Gasteiger partial charge in [-0.15, -0.1) is 0 Å². The van der Waals surface area contributed by atoms with Gasteiger partial charge in [0.2, 0.25) is 0 Å². The Morgan fingerprint density at radius 1 is 1.18 bits per heavy atom. The fourth-order valence-electron chi connectivity index (χ4n) is 1.87. The second-order valence-corrected chi connectivity index (χ2v) is 3.64. The molecule has 0 bridgehead atoms. The Hall–Kier alpha value is -0.0400. The predicted octanol–water partition coefficient (Wildman–Crippen LogP) is 2.71. The fourth-order valence-corrected chi connectivity index (χ4v) is 1.87. The van der Waals surface area contributed by atoms with Crippen molar-refractivity contribution in [1.29, 1.82) is 0 Å². The lowest BCUT2D eigenvalue weighted by Gasteiger charge is -2.20. The Morgan fingerprint density at radius 3 is 2.82 bits per heavy atom. The highest BCUT2D eigenvalue weighted by Crippen LogP contribution is 2.12. The Bertz CT molecular complexity index is 82.9. The molecule has 1 saturated heterocycles. The first-order valence-electron chi connectivity index (χ1n) is 5.17. The Kier molecular flexibility index (Phi) is 4.60. The van der Waals surface area contributed by atoms with Crippen molar-refractivity contribution < 1.29 is 0 Å². The van der Waals surface area contributed by atoms with Crippen LogP contribution >= 0.6 is 0 Å². The van der Waals surface area contributed by atoms with Crippen molar-refractivity contribution in [2.45, 2.75) is 57.9 Å². The molecular weight excluding hydrogens is 134 g/mol. The van der Waals surface area contributed by atoms with Crippen molar-refractivity contribution in [2.24, 2.45) is 0 Å². The van der Waals surface area contributed by atoms with Crippen LogP contribution < -0.4 is 5.32 Å². The molecule has 1 nitrogen and oxygen atoms in total. The third-order valence-corrected chi connectivity index (χ3v) is 2.55. The SMILES string of the molecule is CCCC1CCCCCCN1. The van der Waals surface area contributed by atoms with E-state index in [4.69, 9.17) is 0 Å². The summed E-state index contributed by atoms with van der Waals surface area (Å²) in [6.07, 6.45) is 9.84. The molecule has 0 amide bonds. The number of rotatable bonds is 2. The molecule has 1 heterocycles. The van der Waals surface area contributed by atoms with Crippen LogP contribution in [-0.4, -0.2) is 12.6 Å². The zero-order chi connectivity index (χ0) is 7.94. The van der Waals surface area contributed by atoms with Crippen molar-refractivity contribution in [3.63, 3.8) is 0 Å². The zero-order valence-electron chi connectivity index (χ0n) is 7.73. The van der Waals surface area contributed by atoms with E-state index in [9.17, 15) is 0 Å². The van der Waals surface area contributed by atoms with Gasteiger partial charge in [0.05, 0.1) is 0 Å². The zero-order valence-corrected chi connectivity index (χ0v) is 7.73. The van der Waals surface area contributed by atoms with Gasteiger partial charge >= 0.3 is 0 Å². The van der Waals surface area contributed by atoms with Crippen molar-refractivity contribution in [3.8, 4) is 0 Å². The second-order valence-electron chi connectivity index (χ2n) is 3.64. The number of hydrogen-bond acceptors (Lipinski definition) is 1. The number of nitrogens with one attached hydrogen (secondary N) is 1. The molecule has 0 aromatic carbocycles. The summed E-state index contributed by atoms with van der Waals surface area (Å²) in [6.45, 7) is 3.53. The van der Waals surface area contributed by atoms with E-state index in [1.54, 1.807) is 0 Å². The molecule has 1 unspecified atom stereocenters. The molecule has 0 radical (unpaired) electrons. The summed E-state index contributed by atoms with van der Waals surface area (Å²) in [4.78, 5) is 0. The molecule has 11 heavy (non-hydrogen) atoms. The highest BCUT2D eigenvalue weighted by Gasteiger charge is 2.08. The lowest BCUT2D eigenvalue weighted by molar-refractivity contribution is 0.396. The van der Waals surface area contributed by atoms with Gasteiger partial charge in [-0.3, -0.25) is 0 Å². The highest BCUT2D eigenvalue weighted by molar-refractivity contribution is 4.68. The standard InChI is InChI=1S/C10H21N/c1-2-7-10-8-5-3-4-6-9-11-10/h10-11H,2-9H2,1H3. The molecule has 1 atom stereocenters. The smallest absolute Gasteiger partial charge is 0.00669 e. The molecule has 1 aliphatic rings. The summed E-state index contributed by atoms with van der Waals surface area (Å²) >= 11 is 0. The van der Waals surface area contributed by atoms with Gasteiger partial charge in [-0.25, -0.2) is 0 Å². The van der Waals surface area contributed by atoms with E-state index in [-0.39, 0.29) is 0 Å². The fraction of sp³-hybridized carbons (Fsp3) is 1.00. The molecule has 66 valence electrons. The predicted molar refractivity (Wildman–Crippen MR) is 49.8 cm³/mol. The maximum absolute atomic E-state index is 3.62. The van der Waals surface area contributed by atoms with Crippen LogP contribution in [-0.2, 0) is 0 Å². The molecule has 1 heteroatoms. The van der Waals surface area contributed by atoms with E-state index in [2.05, 4.69) is 12.2 Å². The topological polar surface area (TPSA) is 12.0 Å². The summed E-state index contributed by atoms with van der Waals surface area (Å²) in [5.41, 5.74) is 0. The summed E-state index contributed by atoms with van der Waals surface area (Å²) < 4.78 is 0. The number of hydrogen-bond donors (Lipinski definition) is 1. The maximum Gasteiger partial charge on any atom is 0.00669 e. The molecule has 0 aromatic heterocycles. The van der Waals surface area contributed by atoms with Crippen LogP contribution in [0.15, 0.2) is 0 Å². The molecule has 1 N–H and O–H groups in total. The molecule has 1 fully saturated rings. The van der Waals surface area contributed by atoms with Crippen LogP contribution in [0.2, 0.25) is 0 Å². The molecular formula is C10H21N. The van der Waals surface area contributed by atoms with Crippen molar-refractivity contribution in [1.82, 2.24) is 5.32 Å². The Morgan fingerprint density at radius 2 is 2.00 bits per heavy atom. The normalized spacial score (nSPS) is 27.5. The average Bonchev–Trinajstić information content (AvgIpc) is 1.94. The van der Waals surface area contributed by atoms with Crippen LogP contribution in [0.25, 0.3) is 0 Å². The van der Waals surface area contributed by atoms with Crippen molar-refractivity contribution >= 4 is 0 Å². The van der Waals surface area contributed by atoms with Crippen molar-refractivity contribution in [3.05, 3.63) is 0 Å². The summed E-state index contributed by atoms with van der Waals surface area (Å²) in [5.74, 6) is 0. The minimum Gasteiger partial charge on any atom is -0.314 e. The summed E-state index contributed by atoms with van der Waals surface area (Å²) in [5, 5.41) is 3.62.